The molecule has 0 atom stereocenters. The molecule has 0 N–H and O–H groups in total. The number of Topliss-reactive ketones (excluding diaryl/α,β-unsaturated/α-hetero) is 2. The standard InChI is InChI=1S/C28H25NO7S/c1-5-34-27(32)25-16(3)26(28(33)35-6-2)37-24(25)14-22(31)20(15-29)13-21-11-12-23(36-21)19-9-7-18(8-10-19)17(4)30/h7-13H,5-6,14H2,1-4H3/b20-13+. The molecule has 0 saturated carbocycles. The number of thiophene rings is 1. The average Bonchev–Trinajstić information content (AvgIpc) is 3.47. The van der Waals surface area contributed by atoms with Crippen LogP contribution in [0.25, 0.3) is 17.4 Å². The minimum atomic E-state index is -0.649. The van der Waals surface area contributed by atoms with E-state index in [0.29, 0.717) is 21.8 Å². The molecule has 3 aromatic rings. The number of rotatable bonds is 10. The van der Waals surface area contributed by atoms with Crippen molar-refractivity contribution in [3.63, 3.8) is 0 Å². The van der Waals surface area contributed by atoms with Crippen LogP contribution in [0, 0.1) is 18.3 Å². The Morgan fingerprint density at radius 3 is 2.24 bits per heavy atom. The largest absolute Gasteiger partial charge is 0.462 e. The summed E-state index contributed by atoms with van der Waals surface area (Å²) >= 11 is 0.975. The minimum absolute atomic E-state index is 0.0479. The third-order valence-corrected chi connectivity index (χ3v) is 6.66. The summed E-state index contributed by atoms with van der Waals surface area (Å²) in [5.74, 6) is -1.05. The molecule has 0 saturated heterocycles. The maximum Gasteiger partial charge on any atom is 0.348 e. The van der Waals surface area contributed by atoms with E-state index >= 15 is 0 Å². The fraction of sp³-hybridized carbons (Fsp3) is 0.250. The van der Waals surface area contributed by atoms with Crippen LogP contribution in [0.15, 0.2) is 46.4 Å². The lowest BCUT2D eigenvalue weighted by Gasteiger charge is -2.05. The number of ether oxygens (including phenoxy) is 2. The van der Waals surface area contributed by atoms with Gasteiger partial charge in [0, 0.05) is 28.5 Å². The Morgan fingerprint density at radius 2 is 1.65 bits per heavy atom. The Hall–Kier alpha value is -4.29. The first kappa shape index (κ1) is 27.3. The van der Waals surface area contributed by atoms with Gasteiger partial charge in [-0.1, -0.05) is 24.3 Å². The van der Waals surface area contributed by atoms with Crippen LogP contribution < -0.4 is 0 Å². The highest BCUT2D eigenvalue weighted by atomic mass is 32.1. The van der Waals surface area contributed by atoms with Gasteiger partial charge in [-0.15, -0.1) is 11.3 Å². The molecule has 0 aliphatic rings. The lowest BCUT2D eigenvalue weighted by atomic mass is 10.0. The SMILES string of the molecule is CCOC(=O)c1sc(CC(=O)/C(C#N)=C/c2ccc(-c3ccc(C(C)=O)cc3)o2)c(C(=O)OCC)c1C. The van der Waals surface area contributed by atoms with Crippen LogP contribution in [-0.4, -0.2) is 36.7 Å². The Kier molecular flexibility index (Phi) is 8.93. The summed E-state index contributed by atoms with van der Waals surface area (Å²) in [5.41, 5.74) is 1.64. The average molecular weight is 520 g/mol. The third kappa shape index (κ3) is 6.29. The van der Waals surface area contributed by atoms with E-state index in [1.807, 2.05) is 6.07 Å². The molecular weight excluding hydrogens is 494 g/mol. The number of nitriles is 1. The first-order chi connectivity index (χ1) is 17.7. The predicted octanol–water partition coefficient (Wildman–Crippen LogP) is 5.59. The molecule has 2 aromatic heterocycles. The molecule has 190 valence electrons. The number of esters is 2. The summed E-state index contributed by atoms with van der Waals surface area (Å²) in [6.07, 6.45) is 1.05. The van der Waals surface area contributed by atoms with Gasteiger partial charge >= 0.3 is 11.9 Å². The van der Waals surface area contributed by atoms with Gasteiger partial charge in [-0.3, -0.25) is 9.59 Å². The van der Waals surface area contributed by atoms with Crippen LogP contribution in [0.4, 0.5) is 0 Å². The van der Waals surface area contributed by atoms with E-state index in [-0.39, 0.29) is 47.2 Å². The lowest BCUT2D eigenvalue weighted by molar-refractivity contribution is -0.114. The molecule has 3 rings (SSSR count). The van der Waals surface area contributed by atoms with Crippen molar-refractivity contribution < 1.29 is 33.1 Å². The maximum absolute atomic E-state index is 13.0. The molecule has 0 radical (unpaired) electrons. The van der Waals surface area contributed by atoms with E-state index < -0.39 is 17.7 Å². The van der Waals surface area contributed by atoms with E-state index in [0.717, 1.165) is 16.9 Å². The number of carbonyl (C=O) groups excluding carboxylic acids is 4. The summed E-state index contributed by atoms with van der Waals surface area (Å²) < 4.78 is 16.0. The van der Waals surface area contributed by atoms with Gasteiger partial charge in [-0.05, 0) is 45.4 Å². The van der Waals surface area contributed by atoms with Gasteiger partial charge in [0.1, 0.15) is 22.5 Å². The van der Waals surface area contributed by atoms with Gasteiger partial charge in [-0.2, -0.15) is 5.26 Å². The molecule has 37 heavy (non-hydrogen) atoms. The Labute approximate surface area is 218 Å². The molecule has 0 aliphatic carbocycles. The van der Waals surface area contributed by atoms with Crippen molar-refractivity contribution in [1.29, 1.82) is 5.26 Å². The molecule has 0 unspecified atom stereocenters. The molecule has 8 nitrogen and oxygen atoms in total. The second-order valence-electron chi connectivity index (χ2n) is 7.90. The number of allylic oxidation sites excluding steroid dienone is 1. The van der Waals surface area contributed by atoms with Crippen LogP contribution in [0.3, 0.4) is 0 Å². The van der Waals surface area contributed by atoms with Crippen molar-refractivity contribution in [1.82, 2.24) is 0 Å². The summed E-state index contributed by atoms with van der Waals surface area (Å²) in [4.78, 5) is 50.0. The van der Waals surface area contributed by atoms with Gasteiger partial charge in [0.05, 0.1) is 24.4 Å². The quantitative estimate of drug-likeness (QED) is 0.147. The highest BCUT2D eigenvalue weighted by Crippen LogP contribution is 2.31. The molecule has 0 bridgehead atoms. The van der Waals surface area contributed by atoms with Crippen molar-refractivity contribution in [3.05, 3.63) is 74.2 Å². The number of ketones is 2. The second kappa shape index (κ2) is 12.1. The number of nitrogens with zero attached hydrogens (tertiary/aromatic N) is 1. The van der Waals surface area contributed by atoms with Gasteiger partial charge < -0.3 is 13.9 Å². The minimum Gasteiger partial charge on any atom is -0.462 e. The second-order valence-corrected chi connectivity index (χ2v) is 9.01. The Morgan fingerprint density at radius 1 is 1.00 bits per heavy atom. The number of benzene rings is 1. The van der Waals surface area contributed by atoms with E-state index in [1.165, 1.54) is 13.0 Å². The third-order valence-electron chi connectivity index (χ3n) is 5.39. The van der Waals surface area contributed by atoms with Crippen LogP contribution in [0.5, 0.6) is 0 Å². The van der Waals surface area contributed by atoms with Crippen molar-refractivity contribution in [3.8, 4) is 17.4 Å². The zero-order valence-corrected chi connectivity index (χ0v) is 21.7. The first-order valence-corrected chi connectivity index (χ1v) is 12.3. The van der Waals surface area contributed by atoms with Crippen molar-refractivity contribution in [2.75, 3.05) is 13.2 Å². The number of hydrogen-bond acceptors (Lipinski definition) is 9. The molecule has 9 heteroatoms. The normalized spacial score (nSPS) is 11.1. The predicted molar refractivity (Wildman–Crippen MR) is 137 cm³/mol. The van der Waals surface area contributed by atoms with Gasteiger partial charge in [0.25, 0.3) is 0 Å². The van der Waals surface area contributed by atoms with Crippen LogP contribution in [0.2, 0.25) is 0 Å². The highest BCUT2D eigenvalue weighted by Gasteiger charge is 2.28. The van der Waals surface area contributed by atoms with E-state index in [2.05, 4.69) is 0 Å². The molecule has 0 fully saturated rings. The van der Waals surface area contributed by atoms with Gasteiger partial charge in [-0.25, -0.2) is 9.59 Å². The van der Waals surface area contributed by atoms with Crippen LogP contribution in [0.1, 0.15) is 67.4 Å². The number of hydrogen-bond donors (Lipinski definition) is 0. The summed E-state index contributed by atoms with van der Waals surface area (Å²) in [6.45, 7) is 6.68. The summed E-state index contributed by atoms with van der Waals surface area (Å²) in [7, 11) is 0. The van der Waals surface area contributed by atoms with Crippen molar-refractivity contribution in [2.24, 2.45) is 0 Å². The van der Waals surface area contributed by atoms with Crippen molar-refractivity contribution >= 4 is 40.9 Å². The lowest BCUT2D eigenvalue weighted by Crippen LogP contribution is -2.12. The van der Waals surface area contributed by atoms with Gasteiger partial charge in [0.2, 0.25) is 0 Å². The monoisotopic (exact) mass is 519 g/mol. The Balaban J connectivity index is 1.88. The smallest absolute Gasteiger partial charge is 0.348 e. The molecule has 0 amide bonds. The molecular formula is C28H25NO7S. The summed E-state index contributed by atoms with van der Waals surface area (Å²) in [6, 6.07) is 12.1. The van der Waals surface area contributed by atoms with Crippen LogP contribution in [-0.2, 0) is 20.7 Å². The zero-order chi connectivity index (χ0) is 27.1. The number of furan rings is 1. The van der Waals surface area contributed by atoms with Crippen LogP contribution >= 0.6 is 11.3 Å². The molecule has 2 heterocycles. The molecule has 0 spiro atoms. The van der Waals surface area contributed by atoms with E-state index in [1.54, 1.807) is 57.2 Å². The maximum atomic E-state index is 13.0. The highest BCUT2D eigenvalue weighted by molar-refractivity contribution is 7.14. The van der Waals surface area contributed by atoms with Gasteiger partial charge in [0.15, 0.2) is 11.6 Å². The topological polar surface area (TPSA) is 124 Å². The summed E-state index contributed by atoms with van der Waals surface area (Å²) in [5, 5.41) is 9.65. The number of carbonyl (C=O) groups is 4. The van der Waals surface area contributed by atoms with E-state index in [4.69, 9.17) is 13.9 Å². The fourth-order valence-electron chi connectivity index (χ4n) is 3.57. The first-order valence-electron chi connectivity index (χ1n) is 11.5. The van der Waals surface area contributed by atoms with Crippen molar-refractivity contribution in [2.45, 2.75) is 34.1 Å². The molecule has 1 aromatic carbocycles. The van der Waals surface area contributed by atoms with E-state index in [9.17, 15) is 24.4 Å². The molecule has 0 aliphatic heterocycles. The Bertz CT molecular complexity index is 1420. The zero-order valence-electron chi connectivity index (χ0n) is 20.9. The fourth-order valence-corrected chi connectivity index (χ4v) is 4.76.